The maximum Gasteiger partial charge on any atom is 0.329 e. The highest BCUT2D eigenvalue weighted by molar-refractivity contribution is 5.86. The van der Waals surface area contributed by atoms with Crippen LogP contribution >= 0.6 is 0 Å². The van der Waals surface area contributed by atoms with Gasteiger partial charge in [0.1, 0.15) is 5.54 Å². The lowest BCUT2D eigenvalue weighted by Gasteiger charge is -2.40. The minimum Gasteiger partial charge on any atom is -0.480 e. The average Bonchev–Trinajstić information content (AvgIpc) is 2.53. The number of hydrogen-bond donors (Lipinski definition) is 3. The molecule has 0 radical (unpaired) electrons. The van der Waals surface area contributed by atoms with Crippen molar-refractivity contribution >= 4 is 12.0 Å². The van der Waals surface area contributed by atoms with E-state index in [0.29, 0.717) is 12.8 Å². The Morgan fingerprint density at radius 3 is 1.89 bits per heavy atom. The third-order valence-corrected chi connectivity index (χ3v) is 4.59. The van der Waals surface area contributed by atoms with Gasteiger partial charge in [-0.3, -0.25) is 0 Å². The summed E-state index contributed by atoms with van der Waals surface area (Å²) in [7, 11) is 0. The highest BCUT2D eigenvalue weighted by atomic mass is 16.4. The van der Waals surface area contributed by atoms with Crippen LogP contribution in [0.1, 0.15) is 64.7 Å². The van der Waals surface area contributed by atoms with E-state index in [-0.39, 0.29) is 11.6 Å². The quantitative estimate of drug-likeness (QED) is 0.688. The van der Waals surface area contributed by atoms with Gasteiger partial charge in [0, 0.05) is 5.54 Å². The topological polar surface area (TPSA) is 78.4 Å². The maximum atomic E-state index is 12.1. The lowest BCUT2D eigenvalue weighted by molar-refractivity contribution is -0.145. The largest absolute Gasteiger partial charge is 0.480 e. The van der Waals surface area contributed by atoms with E-state index in [9.17, 15) is 14.7 Å². The molecule has 2 amide bonds. The van der Waals surface area contributed by atoms with Crippen LogP contribution in [0.15, 0.2) is 0 Å². The van der Waals surface area contributed by atoms with Crippen LogP contribution in [-0.2, 0) is 4.79 Å². The van der Waals surface area contributed by atoms with Crippen molar-refractivity contribution in [1.29, 1.82) is 0 Å². The fraction of sp³-hybridized carbons (Fsp3) is 0.857. The number of carboxylic acids is 1. The van der Waals surface area contributed by atoms with Crippen molar-refractivity contribution in [3.63, 3.8) is 0 Å². The van der Waals surface area contributed by atoms with Crippen molar-refractivity contribution in [2.75, 3.05) is 0 Å². The summed E-state index contributed by atoms with van der Waals surface area (Å²) in [5.74, 6) is -0.900. The smallest absolute Gasteiger partial charge is 0.329 e. The van der Waals surface area contributed by atoms with Gasteiger partial charge in [-0.2, -0.15) is 0 Å². The number of rotatable bonds is 3. The van der Waals surface area contributed by atoms with Crippen molar-refractivity contribution in [1.82, 2.24) is 10.6 Å². The molecule has 5 nitrogen and oxygen atoms in total. The van der Waals surface area contributed by atoms with Crippen LogP contribution in [0, 0.1) is 0 Å². The molecule has 2 aliphatic rings. The number of amides is 2. The standard InChI is InChI=1S/C14H24N2O3/c1-13(7-6-8-13)15-12(19)16-14(11(17)18)9-4-2-3-5-10-14/h2-10H2,1H3,(H,17,18)(H2,15,16,19). The second kappa shape index (κ2) is 5.39. The molecule has 2 rings (SSSR count). The average molecular weight is 268 g/mol. The van der Waals surface area contributed by atoms with Crippen LogP contribution in [0.5, 0.6) is 0 Å². The number of nitrogens with one attached hydrogen (secondary N) is 2. The summed E-state index contributed by atoms with van der Waals surface area (Å²) in [5.41, 5.74) is -1.21. The number of carbonyl (C=O) groups excluding carboxylic acids is 1. The molecule has 19 heavy (non-hydrogen) atoms. The summed E-state index contributed by atoms with van der Waals surface area (Å²) in [4.78, 5) is 23.6. The fourth-order valence-corrected chi connectivity index (χ4v) is 3.08. The Labute approximate surface area is 114 Å². The summed E-state index contributed by atoms with van der Waals surface area (Å²) in [5, 5.41) is 15.2. The van der Waals surface area contributed by atoms with Crippen LogP contribution in [-0.4, -0.2) is 28.2 Å². The summed E-state index contributed by atoms with van der Waals surface area (Å²) in [6.07, 6.45) is 7.97. The number of urea groups is 1. The summed E-state index contributed by atoms with van der Waals surface area (Å²) in [6.45, 7) is 2.01. The predicted octanol–water partition coefficient (Wildman–Crippen LogP) is 2.41. The van der Waals surface area contributed by atoms with Crippen LogP contribution in [0.3, 0.4) is 0 Å². The zero-order valence-electron chi connectivity index (χ0n) is 11.6. The second-order valence-electron chi connectivity index (χ2n) is 6.29. The van der Waals surface area contributed by atoms with Gasteiger partial charge in [0.15, 0.2) is 0 Å². The van der Waals surface area contributed by atoms with E-state index in [2.05, 4.69) is 10.6 Å². The molecule has 0 aromatic carbocycles. The van der Waals surface area contributed by atoms with Gasteiger partial charge in [-0.15, -0.1) is 0 Å². The monoisotopic (exact) mass is 268 g/mol. The summed E-state index contributed by atoms with van der Waals surface area (Å²) < 4.78 is 0. The Morgan fingerprint density at radius 2 is 1.47 bits per heavy atom. The van der Waals surface area contributed by atoms with E-state index in [1.54, 1.807) is 0 Å². The first-order valence-electron chi connectivity index (χ1n) is 7.30. The van der Waals surface area contributed by atoms with Crippen LogP contribution in [0.2, 0.25) is 0 Å². The van der Waals surface area contributed by atoms with Gasteiger partial charge >= 0.3 is 12.0 Å². The van der Waals surface area contributed by atoms with Crippen LogP contribution < -0.4 is 10.6 Å². The third-order valence-electron chi connectivity index (χ3n) is 4.59. The van der Waals surface area contributed by atoms with Crippen molar-refractivity contribution in [2.45, 2.75) is 75.8 Å². The Bertz CT molecular complexity index is 356. The van der Waals surface area contributed by atoms with Gasteiger partial charge < -0.3 is 15.7 Å². The number of carbonyl (C=O) groups is 2. The molecule has 108 valence electrons. The van der Waals surface area contributed by atoms with Crippen molar-refractivity contribution < 1.29 is 14.7 Å². The van der Waals surface area contributed by atoms with Gasteiger partial charge in [-0.05, 0) is 39.0 Å². The summed E-state index contributed by atoms with van der Waals surface area (Å²) in [6, 6.07) is -0.327. The molecule has 3 N–H and O–H groups in total. The molecule has 0 unspecified atom stereocenters. The normalized spacial score (nSPS) is 24.7. The van der Waals surface area contributed by atoms with Gasteiger partial charge in [-0.25, -0.2) is 9.59 Å². The number of aliphatic carboxylic acids is 1. The molecule has 0 heterocycles. The predicted molar refractivity (Wildman–Crippen MR) is 72.0 cm³/mol. The van der Waals surface area contributed by atoms with Gasteiger partial charge in [0.2, 0.25) is 0 Å². The molecule has 0 aliphatic heterocycles. The fourth-order valence-electron chi connectivity index (χ4n) is 3.08. The highest BCUT2D eigenvalue weighted by Crippen LogP contribution is 2.31. The lowest BCUT2D eigenvalue weighted by atomic mass is 9.78. The van der Waals surface area contributed by atoms with E-state index in [1.807, 2.05) is 6.92 Å². The maximum absolute atomic E-state index is 12.1. The molecule has 5 heteroatoms. The molecule has 0 spiro atoms. The van der Waals surface area contributed by atoms with Crippen molar-refractivity contribution in [3.8, 4) is 0 Å². The van der Waals surface area contributed by atoms with E-state index < -0.39 is 11.5 Å². The molecule has 2 fully saturated rings. The molecule has 2 aliphatic carbocycles. The van der Waals surface area contributed by atoms with Crippen LogP contribution in [0.25, 0.3) is 0 Å². The molecule has 0 aromatic rings. The Morgan fingerprint density at radius 1 is 0.895 bits per heavy atom. The molecule has 0 saturated heterocycles. The first-order valence-corrected chi connectivity index (χ1v) is 7.30. The van der Waals surface area contributed by atoms with Gasteiger partial charge in [-0.1, -0.05) is 25.7 Å². The minimum absolute atomic E-state index is 0.144. The SMILES string of the molecule is CC1(NC(=O)NC2(C(=O)O)CCCCCC2)CCC1. The molecule has 2 saturated carbocycles. The zero-order chi connectivity index (χ0) is 13.9. The molecule has 0 bridgehead atoms. The lowest BCUT2D eigenvalue weighted by Crippen LogP contribution is -2.61. The zero-order valence-corrected chi connectivity index (χ0v) is 11.6. The summed E-state index contributed by atoms with van der Waals surface area (Å²) >= 11 is 0. The van der Waals surface area contributed by atoms with E-state index in [1.165, 1.54) is 0 Å². The number of hydrogen-bond acceptors (Lipinski definition) is 2. The molecular weight excluding hydrogens is 244 g/mol. The van der Waals surface area contributed by atoms with E-state index in [4.69, 9.17) is 0 Å². The molecular formula is C14H24N2O3. The minimum atomic E-state index is -1.07. The Kier molecular flexibility index (Phi) is 4.02. The highest BCUT2D eigenvalue weighted by Gasteiger charge is 2.41. The van der Waals surface area contributed by atoms with Crippen molar-refractivity contribution in [3.05, 3.63) is 0 Å². The first-order chi connectivity index (χ1) is 8.96. The van der Waals surface area contributed by atoms with Gasteiger partial charge in [0.25, 0.3) is 0 Å². The van der Waals surface area contributed by atoms with Crippen LogP contribution in [0.4, 0.5) is 4.79 Å². The number of carboxylic acid groups (broad SMARTS) is 1. The first kappa shape index (κ1) is 14.2. The van der Waals surface area contributed by atoms with E-state index >= 15 is 0 Å². The van der Waals surface area contributed by atoms with Crippen molar-refractivity contribution in [2.24, 2.45) is 0 Å². The van der Waals surface area contributed by atoms with Gasteiger partial charge in [0.05, 0.1) is 0 Å². The second-order valence-corrected chi connectivity index (χ2v) is 6.29. The molecule has 0 aromatic heterocycles. The Hall–Kier alpha value is -1.26. The third kappa shape index (κ3) is 3.19. The van der Waals surface area contributed by atoms with E-state index in [0.717, 1.165) is 44.9 Å². The Balaban J connectivity index is 1.99. The molecule has 0 atom stereocenters.